The number of ether oxygens (including phenoxy) is 1. The fraction of sp³-hybridized carbons (Fsp3) is 1.00. The first-order valence-electron chi connectivity index (χ1n) is 4.60. The predicted molar refractivity (Wildman–Crippen MR) is 44.4 cm³/mol. The van der Waals surface area contributed by atoms with Crippen molar-refractivity contribution in [2.24, 2.45) is 17.8 Å². The molecule has 2 unspecified atom stereocenters. The number of nitrogens with one attached hydrogen (secondary N) is 1. The van der Waals surface area contributed by atoms with E-state index in [-0.39, 0.29) is 0 Å². The molecule has 11 heavy (non-hydrogen) atoms. The first kappa shape index (κ1) is 7.56. The van der Waals surface area contributed by atoms with Crippen LogP contribution < -0.4 is 5.32 Å². The van der Waals surface area contributed by atoms with Crippen LogP contribution in [0.5, 0.6) is 0 Å². The maximum atomic E-state index is 5.30. The minimum Gasteiger partial charge on any atom is -0.381 e. The van der Waals surface area contributed by atoms with E-state index in [0.717, 1.165) is 43.6 Å². The van der Waals surface area contributed by atoms with Crippen LogP contribution in [0.15, 0.2) is 0 Å². The lowest BCUT2D eigenvalue weighted by atomic mass is 10.2. The molecular weight excluding hydrogens is 138 g/mol. The predicted octanol–water partition coefficient (Wildman–Crippen LogP) is 0.877. The number of rotatable bonds is 3. The summed E-state index contributed by atoms with van der Waals surface area (Å²) in [5.74, 6) is 2.49. The van der Waals surface area contributed by atoms with Crippen LogP contribution in [-0.2, 0) is 4.74 Å². The van der Waals surface area contributed by atoms with Crippen LogP contribution in [0.25, 0.3) is 0 Å². The highest BCUT2D eigenvalue weighted by Gasteiger charge is 2.53. The first-order valence-corrected chi connectivity index (χ1v) is 4.60. The summed E-state index contributed by atoms with van der Waals surface area (Å²) in [6, 6.07) is 0.797. The average Bonchev–Trinajstić information content (AvgIpc) is 2.44. The lowest BCUT2D eigenvalue weighted by Crippen LogP contribution is -2.26. The van der Waals surface area contributed by atoms with Crippen molar-refractivity contribution in [3.63, 3.8) is 0 Å². The quantitative estimate of drug-likeness (QED) is 0.653. The Bertz CT molecular complexity index is 136. The standard InChI is InChI=1S/C9H17NO/c1-6(2)3-10-9-7-4-11-5-8(7)9/h6-10H,3-5H2,1-2H3/t7-,8?,9?/m1/s1. The first-order chi connectivity index (χ1) is 5.29. The van der Waals surface area contributed by atoms with Crippen molar-refractivity contribution < 1.29 is 4.74 Å². The molecule has 1 saturated carbocycles. The monoisotopic (exact) mass is 155 g/mol. The van der Waals surface area contributed by atoms with E-state index in [4.69, 9.17) is 4.74 Å². The van der Waals surface area contributed by atoms with Gasteiger partial charge >= 0.3 is 0 Å². The van der Waals surface area contributed by atoms with E-state index >= 15 is 0 Å². The minimum atomic E-state index is 0.775. The summed E-state index contributed by atoms with van der Waals surface area (Å²) in [6.45, 7) is 7.67. The van der Waals surface area contributed by atoms with Crippen molar-refractivity contribution in [1.29, 1.82) is 0 Å². The summed E-state index contributed by atoms with van der Waals surface area (Å²) >= 11 is 0. The molecular formula is C9H17NO. The molecule has 1 heterocycles. The summed E-state index contributed by atoms with van der Waals surface area (Å²) in [4.78, 5) is 0. The molecule has 0 aromatic heterocycles. The van der Waals surface area contributed by atoms with Crippen LogP contribution in [-0.4, -0.2) is 25.8 Å². The number of hydrogen-bond donors (Lipinski definition) is 1. The van der Waals surface area contributed by atoms with E-state index in [9.17, 15) is 0 Å². The van der Waals surface area contributed by atoms with Gasteiger partial charge in [0.05, 0.1) is 13.2 Å². The summed E-state index contributed by atoms with van der Waals surface area (Å²) in [5, 5.41) is 3.58. The summed E-state index contributed by atoms with van der Waals surface area (Å²) < 4.78 is 5.30. The van der Waals surface area contributed by atoms with Gasteiger partial charge in [0.15, 0.2) is 0 Å². The fourth-order valence-electron chi connectivity index (χ4n) is 1.91. The van der Waals surface area contributed by atoms with Crippen molar-refractivity contribution in [3.8, 4) is 0 Å². The van der Waals surface area contributed by atoms with Gasteiger partial charge in [-0.1, -0.05) is 13.8 Å². The second-order valence-electron chi connectivity index (χ2n) is 4.19. The molecule has 2 nitrogen and oxygen atoms in total. The Labute approximate surface area is 68.3 Å². The topological polar surface area (TPSA) is 21.3 Å². The van der Waals surface area contributed by atoms with E-state index < -0.39 is 0 Å². The number of fused-ring (bicyclic) bond motifs is 1. The molecule has 2 rings (SSSR count). The second kappa shape index (κ2) is 2.76. The van der Waals surface area contributed by atoms with Gasteiger partial charge in [-0.15, -0.1) is 0 Å². The van der Waals surface area contributed by atoms with E-state index in [1.165, 1.54) is 0 Å². The zero-order valence-corrected chi connectivity index (χ0v) is 7.34. The van der Waals surface area contributed by atoms with E-state index in [2.05, 4.69) is 19.2 Å². The van der Waals surface area contributed by atoms with E-state index in [0.29, 0.717) is 0 Å². The Morgan fingerprint density at radius 1 is 1.36 bits per heavy atom. The van der Waals surface area contributed by atoms with Crippen molar-refractivity contribution in [3.05, 3.63) is 0 Å². The largest absolute Gasteiger partial charge is 0.381 e. The van der Waals surface area contributed by atoms with Gasteiger partial charge in [0.2, 0.25) is 0 Å². The molecule has 2 aliphatic rings. The minimum absolute atomic E-state index is 0.775. The third-order valence-corrected chi connectivity index (χ3v) is 2.71. The SMILES string of the molecule is CC(C)CNC1C2COC[C@H]21. The van der Waals surface area contributed by atoms with Gasteiger partial charge in [-0.05, 0) is 12.5 Å². The van der Waals surface area contributed by atoms with Crippen molar-refractivity contribution in [1.82, 2.24) is 5.32 Å². The maximum Gasteiger partial charge on any atom is 0.0513 e. The van der Waals surface area contributed by atoms with E-state index in [1.54, 1.807) is 0 Å². The zero-order valence-electron chi connectivity index (χ0n) is 7.34. The highest BCUT2D eigenvalue weighted by molar-refractivity contribution is 5.05. The molecule has 2 heteroatoms. The molecule has 0 aromatic rings. The van der Waals surface area contributed by atoms with Crippen LogP contribution in [0, 0.1) is 17.8 Å². The maximum absolute atomic E-state index is 5.30. The molecule has 1 aliphatic heterocycles. The van der Waals surface area contributed by atoms with E-state index in [1.807, 2.05) is 0 Å². The van der Waals surface area contributed by atoms with Gasteiger partial charge in [0.25, 0.3) is 0 Å². The van der Waals surface area contributed by atoms with Gasteiger partial charge in [0.1, 0.15) is 0 Å². The molecule has 64 valence electrons. The number of hydrogen-bond acceptors (Lipinski definition) is 2. The summed E-state index contributed by atoms with van der Waals surface area (Å²) in [7, 11) is 0. The molecule has 1 N–H and O–H groups in total. The summed E-state index contributed by atoms with van der Waals surface area (Å²) in [5.41, 5.74) is 0. The second-order valence-corrected chi connectivity index (χ2v) is 4.19. The van der Waals surface area contributed by atoms with Gasteiger partial charge in [-0.3, -0.25) is 0 Å². The average molecular weight is 155 g/mol. The Kier molecular flexibility index (Phi) is 1.90. The highest BCUT2D eigenvalue weighted by atomic mass is 16.5. The molecule has 3 atom stereocenters. The Balaban J connectivity index is 1.67. The molecule has 2 fully saturated rings. The van der Waals surface area contributed by atoms with Gasteiger partial charge in [0, 0.05) is 17.9 Å². The highest BCUT2D eigenvalue weighted by Crippen LogP contribution is 2.43. The third-order valence-electron chi connectivity index (χ3n) is 2.71. The molecule has 0 aromatic carbocycles. The van der Waals surface area contributed by atoms with Crippen molar-refractivity contribution in [2.75, 3.05) is 19.8 Å². The summed E-state index contributed by atoms with van der Waals surface area (Å²) in [6.07, 6.45) is 0. The van der Waals surface area contributed by atoms with Gasteiger partial charge in [-0.25, -0.2) is 0 Å². The van der Waals surface area contributed by atoms with Gasteiger partial charge < -0.3 is 10.1 Å². The van der Waals surface area contributed by atoms with Crippen molar-refractivity contribution in [2.45, 2.75) is 19.9 Å². The molecule has 0 spiro atoms. The van der Waals surface area contributed by atoms with Crippen LogP contribution in [0.1, 0.15) is 13.8 Å². The molecule has 0 radical (unpaired) electrons. The third kappa shape index (κ3) is 1.42. The molecule has 1 saturated heterocycles. The Morgan fingerprint density at radius 2 is 2.00 bits per heavy atom. The van der Waals surface area contributed by atoms with Crippen LogP contribution in [0.4, 0.5) is 0 Å². The lowest BCUT2D eigenvalue weighted by molar-refractivity contribution is 0.155. The molecule has 0 amide bonds. The van der Waals surface area contributed by atoms with Crippen LogP contribution in [0.3, 0.4) is 0 Å². The van der Waals surface area contributed by atoms with Gasteiger partial charge in [-0.2, -0.15) is 0 Å². The van der Waals surface area contributed by atoms with Crippen LogP contribution >= 0.6 is 0 Å². The fourth-order valence-corrected chi connectivity index (χ4v) is 1.91. The Hall–Kier alpha value is -0.0800. The van der Waals surface area contributed by atoms with Crippen LogP contribution in [0.2, 0.25) is 0 Å². The Morgan fingerprint density at radius 3 is 2.55 bits per heavy atom. The lowest BCUT2D eigenvalue weighted by Gasteiger charge is -2.08. The normalized spacial score (nSPS) is 41.2. The van der Waals surface area contributed by atoms with Crippen molar-refractivity contribution >= 4 is 0 Å². The molecule has 0 bridgehead atoms. The smallest absolute Gasteiger partial charge is 0.0513 e. The zero-order chi connectivity index (χ0) is 7.84. The molecule has 1 aliphatic carbocycles.